The van der Waals surface area contributed by atoms with Crippen LogP contribution >= 0.6 is 0 Å². The van der Waals surface area contributed by atoms with E-state index in [-0.39, 0.29) is 43.6 Å². The molecule has 0 bridgehead atoms. The Balaban J connectivity index is 1.59. The van der Waals surface area contributed by atoms with Gasteiger partial charge in [-0.1, -0.05) is 12.1 Å². The Hall–Kier alpha value is -2.82. The summed E-state index contributed by atoms with van der Waals surface area (Å²) in [5.74, 6) is 4.55. The number of hydrazone groups is 1. The molecular weight excluding hydrogens is 392 g/mol. The summed E-state index contributed by atoms with van der Waals surface area (Å²) in [6.45, 7) is -1.16. The smallest absolute Gasteiger partial charge is 0.359 e. The first-order valence-corrected chi connectivity index (χ1v) is 9.04. The molecule has 1 saturated heterocycles. The number of para-hydroxylation sites is 1. The highest BCUT2D eigenvalue weighted by molar-refractivity contribution is 5.90. The van der Waals surface area contributed by atoms with E-state index < -0.39 is 18.8 Å². The zero-order valence-corrected chi connectivity index (χ0v) is 15.5. The predicted molar refractivity (Wildman–Crippen MR) is 100 cm³/mol. The van der Waals surface area contributed by atoms with Gasteiger partial charge in [-0.05, 0) is 18.1 Å². The minimum atomic E-state index is -4.39. The van der Waals surface area contributed by atoms with Gasteiger partial charge >= 0.3 is 6.18 Å². The Morgan fingerprint density at radius 3 is 2.76 bits per heavy atom. The Bertz CT molecular complexity index is 909. The maximum Gasteiger partial charge on any atom is 0.405 e. The fourth-order valence-corrected chi connectivity index (χ4v) is 3.49. The normalized spacial score (nSPS) is 17.9. The predicted octanol–water partition coefficient (Wildman–Crippen LogP) is 1.55. The number of aromatic nitrogens is 1. The molecule has 1 aliphatic rings. The lowest BCUT2D eigenvalue weighted by atomic mass is 10.0. The van der Waals surface area contributed by atoms with Crippen LogP contribution in [0.3, 0.4) is 0 Å². The van der Waals surface area contributed by atoms with Gasteiger partial charge in [0.15, 0.2) is 0 Å². The van der Waals surface area contributed by atoms with E-state index in [9.17, 15) is 22.4 Å². The lowest BCUT2D eigenvalue weighted by Crippen LogP contribution is -2.55. The van der Waals surface area contributed by atoms with Gasteiger partial charge in [0.25, 0.3) is 0 Å². The molecule has 1 fully saturated rings. The molecule has 0 spiro atoms. The Kier molecular flexibility index (Phi) is 5.96. The molecular formula is C18H22F4N6O. The van der Waals surface area contributed by atoms with Crippen LogP contribution < -0.4 is 11.6 Å². The van der Waals surface area contributed by atoms with Gasteiger partial charge in [-0.25, -0.2) is 4.39 Å². The molecule has 0 saturated carbocycles. The third-order valence-corrected chi connectivity index (χ3v) is 4.88. The van der Waals surface area contributed by atoms with E-state index in [1.807, 2.05) is 0 Å². The standard InChI is InChI=1S/C18H22F4N6O/c19-14-3-1-2-13-11(8-25-17(13)14)6-12(23)7-16(29)27-4-5-28(10-18(20,21)22)15(9-27)26-24/h1-3,8,12,25H,4-7,9-10,23-24H2/b26-15-. The van der Waals surface area contributed by atoms with E-state index in [1.165, 1.54) is 11.0 Å². The summed E-state index contributed by atoms with van der Waals surface area (Å²) < 4.78 is 51.7. The van der Waals surface area contributed by atoms with Crippen LogP contribution in [0.4, 0.5) is 17.6 Å². The van der Waals surface area contributed by atoms with E-state index >= 15 is 0 Å². The van der Waals surface area contributed by atoms with E-state index in [0.29, 0.717) is 17.3 Å². The van der Waals surface area contributed by atoms with Crippen LogP contribution in [0.15, 0.2) is 29.5 Å². The molecule has 3 rings (SSSR count). The minimum absolute atomic E-state index is 0.000882. The van der Waals surface area contributed by atoms with Gasteiger partial charge in [-0.3, -0.25) is 4.79 Å². The summed E-state index contributed by atoms with van der Waals surface area (Å²) in [7, 11) is 0. The fraction of sp³-hybridized carbons (Fsp3) is 0.444. The number of hydrogen-bond acceptors (Lipinski definition) is 4. The summed E-state index contributed by atoms with van der Waals surface area (Å²) >= 11 is 0. The summed E-state index contributed by atoms with van der Waals surface area (Å²) in [5, 5.41) is 4.11. The molecule has 1 aromatic carbocycles. The van der Waals surface area contributed by atoms with Crippen molar-refractivity contribution in [2.24, 2.45) is 16.7 Å². The monoisotopic (exact) mass is 414 g/mol. The van der Waals surface area contributed by atoms with E-state index in [2.05, 4.69) is 10.1 Å². The number of alkyl halides is 3. The van der Waals surface area contributed by atoms with Crippen LogP contribution in [0, 0.1) is 5.82 Å². The van der Waals surface area contributed by atoms with Gasteiger partial charge < -0.3 is 26.4 Å². The van der Waals surface area contributed by atoms with Crippen molar-refractivity contribution in [3.63, 3.8) is 0 Å². The number of rotatable bonds is 5. The summed E-state index contributed by atoms with van der Waals surface area (Å²) in [6.07, 6.45) is -2.38. The van der Waals surface area contributed by atoms with E-state index in [4.69, 9.17) is 11.6 Å². The SMILES string of the molecule is N/N=C1/CN(C(=O)CC(N)Cc2c[nH]c3c(F)cccc23)CCN1CC(F)(F)F. The van der Waals surface area contributed by atoms with Crippen molar-refractivity contribution < 1.29 is 22.4 Å². The highest BCUT2D eigenvalue weighted by Gasteiger charge is 2.35. The third-order valence-electron chi connectivity index (χ3n) is 4.88. The van der Waals surface area contributed by atoms with Crippen molar-refractivity contribution in [1.82, 2.24) is 14.8 Å². The molecule has 11 heteroatoms. The minimum Gasteiger partial charge on any atom is -0.359 e. The van der Waals surface area contributed by atoms with Gasteiger partial charge in [0.1, 0.15) is 18.2 Å². The number of nitrogens with zero attached hydrogens (tertiary/aromatic N) is 3. The lowest BCUT2D eigenvalue weighted by molar-refractivity contribution is -0.141. The van der Waals surface area contributed by atoms with Gasteiger partial charge in [-0.15, -0.1) is 0 Å². The molecule has 2 heterocycles. The number of carbonyl (C=O) groups is 1. The van der Waals surface area contributed by atoms with Gasteiger partial charge in [0.2, 0.25) is 5.91 Å². The quantitative estimate of drug-likeness (QED) is 0.392. The maximum absolute atomic E-state index is 13.8. The molecule has 0 aliphatic carbocycles. The first-order chi connectivity index (χ1) is 13.7. The maximum atomic E-state index is 13.8. The van der Waals surface area contributed by atoms with Crippen molar-refractivity contribution in [3.05, 3.63) is 35.8 Å². The van der Waals surface area contributed by atoms with Crippen molar-refractivity contribution in [2.75, 3.05) is 26.2 Å². The Morgan fingerprint density at radius 2 is 2.07 bits per heavy atom. The lowest BCUT2D eigenvalue weighted by Gasteiger charge is -2.37. The van der Waals surface area contributed by atoms with Gasteiger partial charge in [0.05, 0.1) is 12.1 Å². The number of H-pyrrole nitrogens is 1. The largest absolute Gasteiger partial charge is 0.405 e. The second-order valence-electron chi connectivity index (χ2n) is 7.04. The summed E-state index contributed by atoms with van der Waals surface area (Å²) in [4.78, 5) is 17.8. The van der Waals surface area contributed by atoms with Crippen LogP contribution in [0.1, 0.15) is 12.0 Å². The molecule has 7 nitrogen and oxygen atoms in total. The molecule has 0 radical (unpaired) electrons. The van der Waals surface area contributed by atoms with Crippen LogP contribution in [-0.4, -0.2) is 64.9 Å². The van der Waals surface area contributed by atoms with Crippen molar-refractivity contribution >= 4 is 22.6 Å². The molecule has 2 aromatic rings. The third kappa shape index (κ3) is 4.97. The number of benzene rings is 1. The van der Waals surface area contributed by atoms with Crippen LogP contribution in [-0.2, 0) is 11.2 Å². The number of fused-ring (bicyclic) bond motifs is 1. The fourth-order valence-electron chi connectivity index (χ4n) is 3.49. The molecule has 158 valence electrons. The number of amides is 1. The van der Waals surface area contributed by atoms with Crippen LogP contribution in [0.2, 0.25) is 0 Å². The second-order valence-corrected chi connectivity index (χ2v) is 7.04. The number of piperazine rings is 1. The highest BCUT2D eigenvalue weighted by Crippen LogP contribution is 2.22. The Labute approximate surface area is 164 Å². The molecule has 1 unspecified atom stereocenters. The molecule has 1 aliphatic heterocycles. The molecule has 1 aromatic heterocycles. The van der Waals surface area contributed by atoms with Crippen molar-refractivity contribution in [1.29, 1.82) is 0 Å². The first kappa shape index (κ1) is 20.9. The zero-order chi connectivity index (χ0) is 21.2. The number of aromatic amines is 1. The number of hydrogen-bond donors (Lipinski definition) is 3. The first-order valence-electron chi connectivity index (χ1n) is 9.04. The molecule has 5 N–H and O–H groups in total. The van der Waals surface area contributed by atoms with E-state index in [1.54, 1.807) is 18.3 Å². The molecule has 29 heavy (non-hydrogen) atoms. The summed E-state index contributed by atoms with van der Waals surface area (Å²) in [6, 6.07) is 4.18. The summed E-state index contributed by atoms with van der Waals surface area (Å²) in [5.41, 5.74) is 7.28. The second kappa shape index (κ2) is 8.27. The zero-order valence-electron chi connectivity index (χ0n) is 15.5. The molecule has 1 atom stereocenters. The highest BCUT2D eigenvalue weighted by atomic mass is 19.4. The Morgan fingerprint density at radius 1 is 1.31 bits per heavy atom. The topological polar surface area (TPSA) is 104 Å². The van der Waals surface area contributed by atoms with Crippen molar-refractivity contribution in [2.45, 2.75) is 25.1 Å². The molecule has 1 amide bonds. The average Bonchev–Trinajstić information content (AvgIpc) is 3.04. The number of halogens is 4. The number of nitrogens with one attached hydrogen (secondary N) is 1. The average molecular weight is 414 g/mol. The number of nitrogens with two attached hydrogens (primary N) is 2. The van der Waals surface area contributed by atoms with Gasteiger partial charge in [0, 0.05) is 37.1 Å². The number of carbonyl (C=O) groups excluding carboxylic acids is 1. The van der Waals surface area contributed by atoms with Crippen LogP contribution in [0.25, 0.3) is 10.9 Å². The van der Waals surface area contributed by atoms with E-state index in [0.717, 1.165) is 10.5 Å². The van der Waals surface area contributed by atoms with Crippen molar-refractivity contribution in [3.8, 4) is 0 Å². The van der Waals surface area contributed by atoms with Gasteiger partial charge in [-0.2, -0.15) is 18.3 Å². The number of amidine groups is 1. The van der Waals surface area contributed by atoms with Crippen LogP contribution in [0.5, 0.6) is 0 Å².